The lowest BCUT2D eigenvalue weighted by Gasteiger charge is -2.27. The zero-order valence-electron chi connectivity index (χ0n) is 29.8. The smallest absolute Gasteiger partial charge is 0.437 e. The number of aliphatic imine (C=N–C) groups is 1. The number of ether oxygens (including phenoxy) is 3. The standard InChI is InChI=1S/C40H43N5O6/c1-39(2,3)49-37(46)42-36(43-38(47)50-40(4,5)6)45-22-10-13-33(45)35-41-34(44-51-35)31-19-18-30-24-32(21-20-29(30)23-31)48-25-26-14-16-28(17-15-26)27-11-8-7-9-12-27/h7-9,11-12,14-21,23-24,33H,10,13,22,25H2,1-6H3,(H,42,43,46,47)/t33-/m0/s1. The van der Waals surface area contributed by atoms with Crippen molar-refractivity contribution >= 4 is 28.9 Å². The molecule has 2 amide bonds. The molecule has 1 N–H and O–H groups in total. The molecule has 0 unspecified atom stereocenters. The minimum absolute atomic E-state index is 0.00585. The highest BCUT2D eigenvalue weighted by Gasteiger charge is 2.35. The van der Waals surface area contributed by atoms with Crippen LogP contribution in [0, 0.1) is 0 Å². The number of benzene rings is 4. The quantitative estimate of drug-likeness (QED) is 0.137. The Morgan fingerprint density at radius 2 is 1.51 bits per heavy atom. The van der Waals surface area contributed by atoms with Crippen molar-refractivity contribution in [1.82, 2.24) is 20.4 Å². The van der Waals surface area contributed by atoms with Gasteiger partial charge in [-0.3, -0.25) is 5.32 Å². The molecule has 264 valence electrons. The van der Waals surface area contributed by atoms with E-state index < -0.39 is 29.4 Å². The lowest BCUT2D eigenvalue weighted by atomic mass is 10.0. The maximum absolute atomic E-state index is 12.8. The number of nitrogens with one attached hydrogen (secondary N) is 1. The van der Waals surface area contributed by atoms with Gasteiger partial charge in [0.1, 0.15) is 29.6 Å². The average molecular weight is 690 g/mol. The number of aromatic nitrogens is 2. The van der Waals surface area contributed by atoms with Gasteiger partial charge in [0.25, 0.3) is 0 Å². The number of amides is 2. The minimum Gasteiger partial charge on any atom is -0.489 e. The molecule has 11 heteroatoms. The van der Waals surface area contributed by atoms with Crippen LogP contribution < -0.4 is 10.1 Å². The van der Waals surface area contributed by atoms with E-state index in [9.17, 15) is 9.59 Å². The van der Waals surface area contributed by atoms with Gasteiger partial charge in [-0.15, -0.1) is 4.99 Å². The monoisotopic (exact) mass is 689 g/mol. The van der Waals surface area contributed by atoms with Crippen molar-refractivity contribution in [1.29, 1.82) is 0 Å². The van der Waals surface area contributed by atoms with Gasteiger partial charge >= 0.3 is 12.2 Å². The molecule has 51 heavy (non-hydrogen) atoms. The van der Waals surface area contributed by atoms with E-state index in [1.54, 1.807) is 46.4 Å². The third kappa shape index (κ3) is 9.30. The van der Waals surface area contributed by atoms with E-state index in [1.165, 1.54) is 11.1 Å². The van der Waals surface area contributed by atoms with Crippen LogP contribution in [0.15, 0.2) is 101 Å². The lowest BCUT2D eigenvalue weighted by Crippen LogP contribution is -2.46. The molecule has 0 aliphatic carbocycles. The zero-order valence-corrected chi connectivity index (χ0v) is 29.8. The fourth-order valence-corrected chi connectivity index (χ4v) is 5.74. The van der Waals surface area contributed by atoms with Crippen molar-refractivity contribution in [3.63, 3.8) is 0 Å². The van der Waals surface area contributed by atoms with Crippen LogP contribution in [-0.2, 0) is 16.1 Å². The number of alkyl carbamates (subject to hydrolysis) is 1. The van der Waals surface area contributed by atoms with Crippen molar-refractivity contribution in [2.24, 2.45) is 4.99 Å². The van der Waals surface area contributed by atoms with E-state index in [1.807, 2.05) is 54.6 Å². The molecule has 1 aliphatic heterocycles. The second-order valence-corrected chi connectivity index (χ2v) is 14.4. The molecule has 0 saturated carbocycles. The van der Waals surface area contributed by atoms with Crippen molar-refractivity contribution in [3.05, 3.63) is 102 Å². The maximum Gasteiger partial charge on any atom is 0.437 e. The van der Waals surface area contributed by atoms with Crippen LogP contribution in [0.3, 0.4) is 0 Å². The Hall–Kier alpha value is -5.71. The second-order valence-electron chi connectivity index (χ2n) is 14.4. The molecule has 1 aromatic heterocycles. The summed E-state index contributed by atoms with van der Waals surface area (Å²) in [6.45, 7) is 11.4. The van der Waals surface area contributed by atoms with Crippen molar-refractivity contribution in [3.8, 4) is 28.3 Å². The van der Waals surface area contributed by atoms with E-state index >= 15 is 0 Å². The van der Waals surface area contributed by atoms with Crippen molar-refractivity contribution in [2.75, 3.05) is 6.54 Å². The molecule has 0 bridgehead atoms. The number of rotatable bonds is 6. The Morgan fingerprint density at radius 1 is 0.843 bits per heavy atom. The molecule has 1 atom stereocenters. The van der Waals surface area contributed by atoms with Crippen LogP contribution in [0.4, 0.5) is 9.59 Å². The summed E-state index contributed by atoms with van der Waals surface area (Å²) in [6, 6.07) is 30.2. The summed E-state index contributed by atoms with van der Waals surface area (Å²) in [5.41, 5.74) is 2.70. The minimum atomic E-state index is -0.840. The molecular weight excluding hydrogens is 646 g/mol. The molecule has 2 heterocycles. The summed E-state index contributed by atoms with van der Waals surface area (Å²) in [7, 11) is 0. The van der Waals surface area contributed by atoms with Crippen LogP contribution in [0.5, 0.6) is 5.75 Å². The number of carbonyl (C=O) groups excluding carboxylic acids is 2. The van der Waals surface area contributed by atoms with Gasteiger partial charge in [-0.25, -0.2) is 9.59 Å². The highest BCUT2D eigenvalue weighted by atomic mass is 16.6. The van der Waals surface area contributed by atoms with Gasteiger partial charge in [0.15, 0.2) is 0 Å². The van der Waals surface area contributed by atoms with Crippen molar-refractivity contribution in [2.45, 2.75) is 78.2 Å². The summed E-state index contributed by atoms with van der Waals surface area (Å²) in [5, 5.41) is 8.92. The Kier molecular flexibility index (Phi) is 10.1. The normalized spacial score (nSPS) is 15.1. The molecule has 6 rings (SSSR count). The van der Waals surface area contributed by atoms with Crippen LogP contribution in [0.25, 0.3) is 33.3 Å². The number of fused-ring (bicyclic) bond motifs is 1. The van der Waals surface area contributed by atoms with Crippen molar-refractivity contribution < 1.29 is 28.3 Å². The Balaban J connectivity index is 1.15. The van der Waals surface area contributed by atoms with Crippen LogP contribution in [0.1, 0.15) is 71.9 Å². The Bertz CT molecular complexity index is 2030. The zero-order chi connectivity index (χ0) is 36.2. The summed E-state index contributed by atoms with van der Waals surface area (Å²) >= 11 is 0. The molecule has 0 spiro atoms. The number of nitrogens with zero attached hydrogens (tertiary/aromatic N) is 4. The molecule has 5 aromatic rings. The van der Waals surface area contributed by atoms with E-state index in [0.717, 1.165) is 34.1 Å². The maximum atomic E-state index is 12.8. The first kappa shape index (κ1) is 35.1. The first-order chi connectivity index (χ1) is 24.3. The lowest BCUT2D eigenvalue weighted by molar-refractivity contribution is 0.0553. The van der Waals surface area contributed by atoms with Gasteiger partial charge in [0.2, 0.25) is 17.7 Å². The van der Waals surface area contributed by atoms with Crippen LogP contribution >= 0.6 is 0 Å². The summed E-state index contributed by atoms with van der Waals surface area (Å²) in [5.74, 6) is 1.53. The molecule has 1 aliphatic rings. The fraction of sp³-hybridized carbons (Fsp3) is 0.325. The van der Waals surface area contributed by atoms with Gasteiger partial charge in [-0.1, -0.05) is 78.0 Å². The number of hydrogen-bond acceptors (Lipinski definition) is 8. The van der Waals surface area contributed by atoms with Gasteiger partial charge in [-0.2, -0.15) is 4.98 Å². The predicted octanol–water partition coefficient (Wildman–Crippen LogP) is 9.09. The largest absolute Gasteiger partial charge is 0.489 e. The second kappa shape index (κ2) is 14.6. The summed E-state index contributed by atoms with van der Waals surface area (Å²) in [6.07, 6.45) is -0.204. The van der Waals surface area contributed by atoms with E-state index in [4.69, 9.17) is 23.7 Å². The van der Waals surface area contributed by atoms with Gasteiger partial charge in [0, 0.05) is 12.1 Å². The number of likely N-dealkylation sites (tertiary alicyclic amines) is 1. The first-order valence-electron chi connectivity index (χ1n) is 17.0. The van der Waals surface area contributed by atoms with Crippen LogP contribution in [0.2, 0.25) is 0 Å². The third-order valence-electron chi connectivity index (χ3n) is 7.99. The molecule has 11 nitrogen and oxygen atoms in total. The topological polar surface area (TPSA) is 128 Å². The van der Waals surface area contributed by atoms with E-state index in [2.05, 4.69) is 51.9 Å². The SMILES string of the molecule is CC(C)(C)OC(=O)/N=C(/NC(=O)OC(C)(C)C)N1CCC[C@H]1c1nc(-c2ccc3cc(OCc4ccc(-c5ccccc5)cc4)ccc3c2)no1. The molecule has 1 saturated heterocycles. The van der Waals surface area contributed by atoms with Crippen LogP contribution in [-0.4, -0.2) is 50.9 Å². The van der Waals surface area contributed by atoms with Gasteiger partial charge in [-0.05, 0) is 100 Å². The Labute approximate surface area is 297 Å². The third-order valence-corrected chi connectivity index (χ3v) is 7.99. The summed E-state index contributed by atoms with van der Waals surface area (Å²) < 4.78 is 22.7. The molecular formula is C40H43N5O6. The van der Waals surface area contributed by atoms with E-state index in [0.29, 0.717) is 31.3 Å². The number of hydrogen-bond donors (Lipinski definition) is 1. The van der Waals surface area contributed by atoms with Gasteiger partial charge in [0.05, 0.1) is 0 Å². The highest BCUT2D eigenvalue weighted by Crippen LogP contribution is 2.33. The van der Waals surface area contributed by atoms with Gasteiger partial charge < -0.3 is 23.6 Å². The first-order valence-corrected chi connectivity index (χ1v) is 17.0. The summed E-state index contributed by atoms with van der Waals surface area (Å²) in [4.78, 5) is 36.1. The van der Waals surface area contributed by atoms with E-state index in [-0.39, 0.29) is 5.96 Å². The fourth-order valence-electron chi connectivity index (χ4n) is 5.74. The Morgan fingerprint density at radius 3 is 2.24 bits per heavy atom. The molecule has 0 radical (unpaired) electrons. The molecule has 1 fully saturated rings. The number of carbonyl (C=O) groups is 2. The predicted molar refractivity (Wildman–Crippen MR) is 195 cm³/mol. The average Bonchev–Trinajstić information content (AvgIpc) is 3.76. The molecule has 4 aromatic carbocycles. The highest BCUT2D eigenvalue weighted by molar-refractivity contribution is 5.99. The number of guanidine groups is 1.